The van der Waals surface area contributed by atoms with Crippen LogP contribution in [0.1, 0.15) is 23.1 Å². The lowest BCUT2D eigenvalue weighted by atomic mass is 9.82. The first-order valence-electron chi connectivity index (χ1n) is 9.01. The number of ether oxygens (including phenoxy) is 1. The number of alkyl halides is 3. The first kappa shape index (κ1) is 21.4. The Morgan fingerprint density at radius 3 is 2.43 bits per heavy atom. The lowest BCUT2D eigenvalue weighted by Gasteiger charge is -2.26. The highest BCUT2D eigenvalue weighted by atomic mass is 19.3. The molecule has 30 heavy (non-hydrogen) atoms. The fraction of sp³-hybridized carbons (Fsp3) is 0.238. The Kier molecular flexibility index (Phi) is 6.09. The fourth-order valence-corrected chi connectivity index (χ4v) is 3.23. The maximum Gasteiger partial charge on any atom is 0.387 e. The summed E-state index contributed by atoms with van der Waals surface area (Å²) in [6.07, 6.45) is 3.01. The summed E-state index contributed by atoms with van der Waals surface area (Å²) in [4.78, 5) is 18.7. The number of allylic oxidation sites excluding steroid dienone is 1. The van der Waals surface area contributed by atoms with Gasteiger partial charge in [0.1, 0.15) is 11.6 Å². The normalized spacial score (nSPS) is 19.1. The molecule has 1 atom stereocenters. The summed E-state index contributed by atoms with van der Waals surface area (Å²) in [5, 5.41) is 0. The number of likely N-dealkylation sites (N-methyl/N-ethyl adjacent to an activating group) is 1. The second-order valence-corrected chi connectivity index (χ2v) is 6.56. The Bertz CT molecular complexity index is 992. The highest BCUT2D eigenvalue weighted by molar-refractivity contribution is 6.09. The summed E-state index contributed by atoms with van der Waals surface area (Å²) in [6, 6.07) is 9.43. The highest BCUT2D eigenvalue weighted by Crippen LogP contribution is 2.40. The Morgan fingerprint density at radius 2 is 1.87 bits per heavy atom. The summed E-state index contributed by atoms with van der Waals surface area (Å²) in [7, 11) is 1.45. The molecule has 0 radical (unpaired) electrons. The molecule has 5 nitrogen and oxygen atoms in total. The van der Waals surface area contributed by atoms with Crippen molar-refractivity contribution in [2.45, 2.75) is 18.6 Å². The number of guanidine groups is 1. The number of carbonyl (C=O) groups excluding carboxylic acids is 1. The van der Waals surface area contributed by atoms with E-state index in [-0.39, 0.29) is 23.7 Å². The van der Waals surface area contributed by atoms with Crippen molar-refractivity contribution in [2.75, 3.05) is 13.7 Å². The Labute approximate surface area is 170 Å². The molecule has 9 heteroatoms. The average Bonchev–Trinajstić information content (AvgIpc) is 2.94. The summed E-state index contributed by atoms with van der Waals surface area (Å²) in [5.74, 6) is -1.19. The molecule has 2 N–H and O–H groups in total. The number of nitrogens with zero attached hydrogens (tertiary/aromatic N) is 2. The van der Waals surface area contributed by atoms with Crippen molar-refractivity contribution in [3.8, 4) is 5.75 Å². The van der Waals surface area contributed by atoms with Gasteiger partial charge in [-0.25, -0.2) is 9.38 Å². The van der Waals surface area contributed by atoms with E-state index in [1.165, 1.54) is 61.7 Å². The SMILES string of the molecule is CN1C(=O)C(c2ccc(OC(F)F)cc2)(c2ccc(F)c(/C=C/CCF)c2)N=C1N. The van der Waals surface area contributed by atoms with Crippen molar-refractivity contribution >= 4 is 17.9 Å². The van der Waals surface area contributed by atoms with Crippen LogP contribution in [-0.4, -0.2) is 37.1 Å². The zero-order chi connectivity index (χ0) is 21.9. The van der Waals surface area contributed by atoms with E-state index in [9.17, 15) is 22.4 Å². The van der Waals surface area contributed by atoms with Crippen LogP contribution in [0.25, 0.3) is 6.08 Å². The Balaban J connectivity index is 2.14. The van der Waals surface area contributed by atoms with Gasteiger partial charge in [0, 0.05) is 12.6 Å². The third-order valence-corrected chi connectivity index (χ3v) is 4.72. The van der Waals surface area contributed by atoms with Crippen molar-refractivity contribution in [2.24, 2.45) is 10.7 Å². The minimum absolute atomic E-state index is 0.0493. The van der Waals surface area contributed by atoms with Crippen LogP contribution in [0, 0.1) is 5.82 Å². The van der Waals surface area contributed by atoms with Gasteiger partial charge in [-0.2, -0.15) is 8.78 Å². The first-order valence-corrected chi connectivity index (χ1v) is 9.01. The maximum absolute atomic E-state index is 14.2. The number of carbonyl (C=O) groups is 1. The van der Waals surface area contributed by atoms with Gasteiger partial charge in [0.2, 0.25) is 0 Å². The van der Waals surface area contributed by atoms with Gasteiger partial charge in [0.15, 0.2) is 11.5 Å². The van der Waals surface area contributed by atoms with E-state index in [0.717, 1.165) is 4.90 Å². The molecule has 3 rings (SSSR count). The van der Waals surface area contributed by atoms with Gasteiger partial charge in [-0.3, -0.25) is 14.1 Å². The van der Waals surface area contributed by atoms with Crippen LogP contribution in [0.3, 0.4) is 0 Å². The van der Waals surface area contributed by atoms with Crippen molar-refractivity contribution in [3.63, 3.8) is 0 Å². The van der Waals surface area contributed by atoms with Crippen LogP contribution in [-0.2, 0) is 10.3 Å². The van der Waals surface area contributed by atoms with Crippen molar-refractivity contribution in [1.29, 1.82) is 0 Å². The Morgan fingerprint density at radius 1 is 1.20 bits per heavy atom. The smallest absolute Gasteiger partial charge is 0.387 e. The third kappa shape index (κ3) is 3.87. The highest BCUT2D eigenvalue weighted by Gasteiger charge is 2.49. The molecule has 0 spiro atoms. The zero-order valence-corrected chi connectivity index (χ0v) is 16.0. The molecule has 1 unspecified atom stereocenters. The number of halogens is 4. The number of hydrogen-bond acceptors (Lipinski definition) is 4. The first-order chi connectivity index (χ1) is 14.3. The van der Waals surface area contributed by atoms with Crippen molar-refractivity contribution in [1.82, 2.24) is 4.90 Å². The second-order valence-electron chi connectivity index (χ2n) is 6.56. The molecule has 1 amide bonds. The molecular formula is C21H19F4N3O2. The molecule has 1 heterocycles. The summed E-state index contributed by atoms with van der Waals surface area (Å²) in [6.45, 7) is -3.58. The molecule has 0 bridgehead atoms. The van der Waals surface area contributed by atoms with E-state index in [1.54, 1.807) is 0 Å². The van der Waals surface area contributed by atoms with E-state index in [2.05, 4.69) is 9.73 Å². The summed E-state index contributed by atoms with van der Waals surface area (Å²) >= 11 is 0. The molecule has 2 aromatic rings. The zero-order valence-electron chi connectivity index (χ0n) is 16.0. The van der Waals surface area contributed by atoms with Gasteiger partial charge < -0.3 is 10.5 Å². The summed E-state index contributed by atoms with van der Waals surface area (Å²) < 4.78 is 55.9. The fourth-order valence-electron chi connectivity index (χ4n) is 3.23. The van der Waals surface area contributed by atoms with E-state index in [1.807, 2.05) is 0 Å². The molecule has 0 aromatic heterocycles. The minimum atomic E-state index is -2.99. The molecular weight excluding hydrogens is 402 g/mol. The lowest BCUT2D eigenvalue weighted by molar-refractivity contribution is -0.129. The molecule has 2 aromatic carbocycles. The molecule has 1 aliphatic heterocycles. The number of hydrogen-bond donors (Lipinski definition) is 1. The van der Waals surface area contributed by atoms with Crippen LogP contribution in [0.15, 0.2) is 53.5 Å². The van der Waals surface area contributed by atoms with Crippen LogP contribution in [0.2, 0.25) is 0 Å². The molecule has 0 fully saturated rings. The molecule has 0 saturated carbocycles. The molecule has 1 aliphatic rings. The predicted molar refractivity (Wildman–Crippen MR) is 104 cm³/mol. The average molecular weight is 421 g/mol. The molecule has 0 aliphatic carbocycles. The van der Waals surface area contributed by atoms with E-state index < -0.39 is 30.5 Å². The number of rotatable bonds is 7. The van der Waals surface area contributed by atoms with Crippen molar-refractivity contribution in [3.05, 3.63) is 71.0 Å². The Hall–Kier alpha value is -3.36. The van der Waals surface area contributed by atoms with Gasteiger partial charge >= 0.3 is 6.61 Å². The van der Waals surface area contributed by atoms with Crippen LogP contribution in [0.5, 0.6) is 5.75 Å². The van der Waals surface area contributed by atoms with Gasteiger partial charge in [-0.15, -0.1) is 0 Å². The van der Waals surface area contributed by atoms with Gasteiger partial charge in [0.25, 0.3) is 5.91 Å². The van der Waals surface area contributed by atoms with Crippen LogP contribution >= 0.6 is 0 Å². The third-order valence-electron chi connectivity index (χ3n) is 4.72. The number of benzene rings is 2. The monoisotopic (exact) mass is 421 g/mol. The predicted octanol–water partition coefficient (Wildman–Crippen LogP) is 3.83. The quantitative estimate of drug-likeness (QED) is 0.691. The van der Waals surface area contributed by atoms with Gasteiger partial charge in [0.05, 0.1) is 6.67 Å². The van der Waals surface area contributed by atoms with Crippen LogP contribution in [0.4, 0.5) is 17.6 Å². The topological polar surface area (TPSA) is 67.9 Å². The van der Waals surface area contributed by atoms with E-state index >= 15 is 0 Å². The number of aliphatic imine (C=N–C) groups is 1. The second kappa shape index (κ2) is 8.56. The van der Waals surface area contributed by atoms with Gasteiger partial charge in [-0.05, 0) is 41.8 Å². The lowest BCUT2D eigenvalue weighted by Crippen LogP contribution is -2.41. The minimum Gasteiger partial charge on any atom is -0.435 e. The molecule has 0 saturated heterocycles. The van der Waals surface area contributed by atoms with E-state index in [4.69, 9.17) is 5.73 Å². The maximum atomic E-state index is 14.2. The number of amides is 1. The van der Waals surface area contributed by atoms with Gasteiger partial charge in [-0.1, -0.05) is 30.4 Å². The largest absolute Gasteiger partial charge is 0.435 e. The van der Waals surface area contributed by atoms with Crippen LogP contribution < -0.4 is 10.5 Å². The molecule has 158 valence electrons. The van der Waals surface area contributed by atoms with E-state index in [0.29, 0.717) is 11.1 Å². The standard InChI is InChI=1S/C21H19F4N3O2/c1-28-18(29)21(27-20(28)26,14-5-8-16(9-6-14)30-19(24)25)15-7-10-17(23)13(12-15)4-2-3-11-22/h2,4-10,12,19H,3,11H2,1H3,(H2,26,27)/b4-2+. The summed E-state index contributed by atoms with van der Waals surface area (Å²) in [5.41, 5.74) is 5.07. The number of nitrogens with two attached hydrogens (primary N) is 1. The van der Waals surface area contributed by atoms with Crippen molar-refractivity contribution < 1.29 is 27.1 Å².